The standard InChI is InChI=1S/C20H19BrFN5O2/c21-14-6-8-19(29)26(11-14)12-18(28)23-16-10-13(5-7-15(16)22)20-25-24-17-4-2-1-3-9-27(17)20/h5-8,10-11H,1-4,9,12H2,(H,23,28). The Labute approximate surface area is 174 Å². The van der Waals surface area contributed by atoms with E-state index in [0.29, 0.717) is 15.9 Å². The number of carbonyl (C=O) groups excluding carboxylic acids is 1. The number of rotatable bonds is 4. The summed E-state index contributed by atoms with van der Waals surface area (Å²) in [5.74, 6) is 0.544. The first-order valence-electron chi connectivity index (χ1n) is 9.39. The van der Waals surface area contributed by atoms with Gasteiger partial charge in [0.2, 0.25) is 5.91 Å². The third-order valence-corrected chi connectivity index (χ3v) is 5.34. The van der Waals surface area contributed by atoms with Crippen molar-refractivity contribution in [1.29, 1.82) is 0 Å². The van der Waals surface area contributed by atoms with Crippen LogP contribution in [0, 0.1) is 5.82 Å². The number of nitrogens with one attached hydrogen (secondary N) is 1. The van der Waals surface area contributed by atoms with Crippen LogP contribution >= 0.6 is 15.9 Å². The molecule has 7 nitrogen and oxygen atoms in total. The summed E-state index contributed by atoms with van der Waals surface area (Å²) in [5.41, 5.74) is 0.409. The fraction of sp³-hybridized carbons (Fsp3) is 0.300. The SMILES string of the molecule is O=C(Cn1cc(Br)ccc1=O)Nc1cc(-c2nnc3n2CCCCC3)ccc1F. The minimum absolute atomic E-state index is 0.0431. The van der Waals surface area contributed by atoms with Crippen molar-refractivity contribution in [3.63, 3.8) is 0 Å². The van der Waals surface area contributed by atoms with Gasteiger partial charge in [-0.15, -0.1) is 10.2 Å². The number of hydrogen-bond donors (Lipinski definition) is 1. The second-order valence-corrected chi connectivity index (χ2v) is 7.87. The molecular formula is C20H19BrFN5O2. The average molecular weight is 460 g/mol. The first-order valence-corrected chi connectivity index (χ1v) is 10.2. The number of halogens is 2. The molecule has 1 aliphatic rings. The number of nitrogens with zero attached hydrogens (tertiary/aromatic N) is 4. The lowest BCUT2D eigenvalue weighted by molar-refractivity contribution is -0.116. The summed E-state index contributed by atoms with van der Waals surface area (Å²) < 4.78 is 18.3. The van der Waals surface area contributed by atoms with Crippen LogP contribution in [0.3, 0.4) is 0 Å². The van der Waals surface area contributed by atoms with Crippen LogP contribution in [-0.2, 0) is 24.3 Å². The highest BCUT2D eigenvalue weighted by molar-refractivity contribution is 9.10. The molecule has 0 bridgehead atoms. The van der Waals surface area contributed by atoms with Crippen molar-refractivity contribution < 1.29 is 9.18 Å². The molecule has 0 unspecified atom stereocenters. The number of carbonyl (C=O) groups is 1. The van der Waals surface area contributed by atoms with Crippen molar-refractivity contribution >= 4 is 27.5 Å². The van der Waals surface area contributed by atoms with E-state index >= 15 is 0 Å². The molecule has 1 N–H and O–H groups in total. The molecule has 0 saturated carbocycles. The molecule has 9 heteroatoms. The van der Waals surface area contributed by atoms with Gasteiger partial charge >= 0.3 is 0 Å². The van der Waals surface area contributed by atoms with Crippen LogP contribution in [0.4, 0.5) is 10.1 Å². The minimum atomic E-state index is -0.556. The Morgan fingerprint density at radius 2 is 2.03 bits per heavy atom. The number of hydrogen-bond acceptors (Lipinski definition) is 4. The zero-order valence-corrected chi connectivity index (χ0v) is 17.2. The Morgan fingerprint density at radius 1 is 1.17 bits per heavy atom. The highest BCUT2D eigenvalue weighted by Crippen LogP contribution is 2.26. The monoisotopic (exact) mass is 459 g/mol. The van der Waals surface area contributed by atoms with Crippen LogP contribution in [0.15, 0.2) is 45.8 Å². The summed E-state index contributed by atoms with van der Waals surface area (Å²) in [7, 11) is 0. The van der Waals surface area contributed by atoms with E-state index in [1.54, 1.807) is 18.2 Å². The predicted octanol–water partition coefficient (Wildman–Crippen LogP) is 3.37. The maximum absolute atomic E-state index is 14.3. The van der Waals surface area contributed by atoms with E-state index in [1.165, 1.54) is 22.9 Å². The summed E-state index contributed by atoms with van der Waals surface area (Å²) >= 11 is 3.27. The van der Waals surface area contributed by atoms with Gasteiger partial charge in [0.1, 0.15) is 18.2 Å². The Morgan fingerprint density at radius 3 is 2.90 bits per heavy atom. The van der Waals surface area contributed by atoms with Gasteiger partial charge in [-0.25, -0.2) is 4.39 Å². The number of pyridine rings is 1. The van der Waals surface area contributed by atoms with Gasteiger partial charge in [0, 0.05) is 35.3 Å². The van der Waals surface area contributed by atoms with Gasteiger partial charge in [-0.3, -0.25) is 9.59 Å². The van der Waals surface area contributed by atoms with Crippen LogP contribution in [-0.4, -0.2) is 25.2 Å². The van der Waals surface area contributed by atoms with Crippen molar-refractivity contribution in [2.75, 3.05) is 5.32 Å². The van der Waals surface area contributed by atoms with Crippen molar-refractivity contribution in [2.45, 2.75) is 38.8 Å². The second kappa shape index (κ2) is 8.28. The molecule has 4 rings (SSSR count). The molecular weight excluding hydrogens is 441 g/mol. The Bertz CT molecular complexity index is 1120. The van der Waals surface area contributed by atoms with Crippen molar-refractivity contribution in [3.05, 3.63) is 63.0 Å². The number of fused-ring (bicyclic) bond motifs is 1. The smallest absolute Gasteiger partial charge is 0.251 e. The summed E-state index contributed by atoms with van der Waals surface area (Å²) in [5, 5.41) is 11.1. The number of anilines is 1. The quantitative estimate of drug-likeness (QED) is 0.648. The van der Waals surface area contributed by atoms with Crippen LogP contribution in [0.2, 0.25) is 0 Å². The maximum Gasteiger partial charge on any atom is 0.251 e. The Kier molecular flexibility index (Phi) is 5.57. The zero-order valence-electron chi connectivity index (χ0n) is 15.6. The van der Waals surface area contributed by atoms with Crippen LogP contribution < -0.4 is 10.9 Å². The Hall–Kier alpha value is -2.81. The third kappa shape index (κ3) is 4.29. The molecule has 150 valence electrons. The molecule has 0 fully saturated rings. The van der Waals surface area contributed by atoms with E-state index < -0.39 is 11.7 Å². The third-order valence-electron chi connectivity index (χ3n) is 4.87. The van der Waals surface area contributed by atoms with Gasteiger partial charge in [-0.05, 0) is 53.0 Å². The largest absolute Gasteiger partial charge is 0.322 e. The zero-order chi connectivity index (χ0) is 20.4. The van der Waals surface area contributed by atoms with Gasteiger partial charge in [0.15, 0.2) is 5.82 Å². The van der Waals surface area contributed by atoms with E-state index in [4.69, 9.17) is 0 Å². The number of aryl methyl sites for hydroxylation is 1. The van der Waals surface area contributed by atoms with Gasteiger partial charge < -0.3 is 14.5 Å². The first kappa shape index (κ1) is 19.5. The first-order chi connectivity index (χ1) is 14.0. The molecule has 1 amide bonds. The molecule has 2 aromatic heterocycles. The van der Waals surface area contributed by atoms with E-state index in [0.717, 1.165) is 38.1 Å². The lowest BCUT2D eigenvalue weighted by atomic mass is 10.1. The molecule has 3 aromatic rings. The normalized spacial score (nSPS) is 13.6. The van der Waals surface area contributed by atoms with Gasteiger partial charge in [0.25, 0.3) is 5.56 Å². The molecule has 0 saturated heterocycles. The van der Waals surface area contributed by atoms with Crippen molar-refractivity contribution in [1.82, 2.24) is 19.3 Å². The van der Waals surface area contributed by atoms with Gasteiger partial charge in [-0.2, -0.15) is 0 Å². The molecule has 0 spiro atoms. The molecule has 3 heterocycles. The van der Waals surface area contributed by atoms with E-state index in [2.05, 4.69) is 36.0 Å². The van der Waals surface area contributed by atoms with E-state index in [-0.39, 0.29) is 17.8 Å². The predicted molar refractivity (Wildman–Crippen MR) is 110 cm³/mol. The molecule has 0 radical (unpaired) electrons. The summed E-state index contributed by atoms with van der Waals surface area (Å²) in [6.07, 6.45) is 5.66. The lowest BCUT2D eigenvalue weighted by Gasteiger charge is -2.11. The van der Waals surface area contributed by atoms with Gasteiger partial charge in [0.05, 0.1) is 5.69 Å². The fourth-order valence-corrected chi connectivity index (χ4v) is 3.81. The highest BCUT2D eigenvalue weighted by Gasteiger charge is 2.18. The number of benzene rings is 1. The number of amides is 1. The van der Waals surface area contributed by atoms with Crippen LogP contribution in [0.1, 0.15) is 25.1 Å². The lowest BCUT2D eigenvalue weighted by Crippen LogP contribution is -2.27. The fourth-order valence-electron chi connectivity index (χ4n) is 3.43. The average Bonchev–Trinajstić information content (AvgIpc) is 2.94. The summed E-state index contributed by atoms with van der Waals surface area (Å²) in [6, 6.07) is 7.44. The van der Waals surface area contributed by atoms with E-state index in [9.17, 15) is 14.0 Å². The maximum atomic E-state index is 14.3. The molecule has 0 aliphatic carbocycles. The summed E-state index contributed by atoms with van der Waals surface area (Å²) in [6.45, 7) is 0.602. The summed E-state index contributed by atoms with van der Waals surface area (Å²) in [4.78, 5) is 24.3. The number of aromatic nitrogens is 4. The van der Waals surface area contributed by atoms with Gasteiger partial charge in [-0.1, -0.05) is 6.42 Å². The minimum Gasteiger partial charge on any atom is -0.322 e. The second-order valence-electron chi connectivity index (χ2n) is 6.96. The van der Waals surface area contributed by atoms with Crippen molar-refractivity contribution in [3.8, 4) is 11.4 Å². The highest BCUT2D eigenvalue weighted by atomic mass is 79.9. The topological polar surface area (TPSA) is 81.8 Å². The van der Waals surface area contributed by atoms with E-state index in [1.807, 2.05) is 0 Å². The van der Waals surface area contributed by atoms with Crippen LogP contribution in [0.25, 0.3) is 11.4 Å². The Balaban J connectivity index is 1.58. The molecule has 1 aliphatic heterocycles. The van der Waals surface area contributed by atoms with Crippen molar-refractivity contribution in [2.24, 2.45) is 0 Å². The molecule has 29 heavy (non-hydrogen) atoms. The van der Waals surface area contributed by atoms with Crippen LogP contribution in [0.5, 0.6) is 0 Å². The molecule has 1 aromatic carbocycles. The molecule has 0 atom stereocenters.